The Morgan fingerprint density at radius 2 is 1.96 bits per heavy atom. The third-order valence-corrected chi connectivity index (χ3v) is 4.27. The summed E-state index contributed by atoms with van der Waals surface area (Å²) in [4.78, 5) is 15.3. The first-order valence-corrected chi connectivity index (χ1v) is 7.88. The number of carbonyl (C=O) groups is 1. The molecule has 0 amide bonds. The fraction of sp³-hybridized carbons (Fsp3) is 0. The van der Waals surface area contributed by atoms with Crippen LogP contribution in [0.25, 0.3) is 28.0 Å². The average Bonchev–Trinajstić information content (AvgIpc) is 3.24. The smallest absolute Gasteiger partial charge is 0.356 e. The highest BCUT2D eigenvalue weighted by Crippen LogP contribution is 2.27. The molecule has 0 unspecified atom stereocenters. The highest BCUT2D eigenvalue weighted by molar-refractivity contribution is 7.08. The number of nitrogens with zero attached hydrogens (tertiary/aromatic N) is 3. The molecule has 112 valence electrons. The molecule has 3 heterocycles. The third kappa shape index (κ3) is 2.39. The molecule has 0 atom stereocenters. The molecule has 0 aliphatic carbocycles. The van der Waals surface area contributed by atoms with Crippen LogP contribution >= 0.6 is 11.3 Å². The maximum atomic E-state index is 11.1. The van der Waals surface area contributed by atoms with Crippen molar-refractivity contribution in [2.45, 2.75) is 0 Å². The van der Waals surface area contributed by atoms with Crippen LogP contribution in [0, 0.1) is 0 Å². The second-order valence-electron chi connectivity index (χ2n) is 5.03. The summed E-state index contributed by atoms with van der Waals surface area (Å²) in [6.07, 6.45) is 1.66. The van der Waals surface area contributed by atoms with E-state index in [-0.39, 0.29) is 5.69 Å². The van der Waals surface area contributed by atoms with Crippen LogP contribution in [0.15, 0.2) is 59.4 Å². The highest BCUT2D eigenvalue weighted by atomic mass is 32.1. The summed E-state index contributed by atoms with van der Waals surface area (Å²) in [6, 6.07) is 13.5. The predicted octanol–water partition coefficient (Wildman–Crippen LogP) is 3.82. The molecule has 0 aliphatic rings. The number of aromatic carboxylic acids is 1. The number of carboxylic acid groups (broad SMARTS) is 1. The topological polar surface area (TPSA) is 67.5 Å². The van der Waals surface area contributed by atoms with Crippen molar-refractivity contribution in [1.29, 1.82) is 0 Å². The van der Waals surface area contributed by atoms with Crippen LogP contribution in [0.4, 0.5) is 0 Å². The molecule has 4 rings (SSSR count). The summed E-state index contributed by atoms with van der Waals surface area (Å²) in [5, 5.41) is 17.4. The van der Waals surface area contributed by atoms with Crippen molar-refractivity contribution in [1.82, 2.24) is 14.6 Å². The third-order valence-electron chi connectivity index (χ3n) is 3.59. The molecule has 0 saturated heterocycles. The van der Waals surface area contributed by atoms with Crippen molar-refractivity contribution in [3.63, 3.8) is 0 Å². The monoisotopic (exact) mass is 321 g/mol. The quantitative estimate of drug-likeness (QED) is 0.623. The van der Waals surface area contributed by atoms with Gasteiger partial charge in [-0.1, -0.05) is 18.2 Å². The Labute approximate surface area is 135 Å². The van der Waals surface area contributed by atoms with Gasteiger partial charge in [0.15, 0.2) is 11.3 Å². The number of benzene rings is 1. The average molecular weight is 321 g/mol. The summed E-state index contributed by atoms with van der Waals surface area (Å²) in [5.74, 6) is -1.06. The van der Waals surface area contributed by atoms with Gasteiger partial charge in [0.1, 0.15) is 0 Å². The molecule has 6 heteroatoms. The van der Waals surface area contributed by atoms with Crippen LogP contribution in [0.1, 0.15) is 10.5 Å². The van der Waals surface area contributed by atoms with Gasteiger partial charge in [0.2, 0.25) is 0 Å². The number of fused-ring (bicyclic) bond motifs is 1. The molecular weight excluding hydrogens is 310 g/mol. The molecule has 4 aromatic rings. The molecular formula is C17H11N3O2S. The van der Waals surface area contributed by atoms with Gasteiger partial charge in [-0.2, -0.15) is 16.4 Å². The van der Waals surface area contributed by atoms with Gasteiger partial charge < -0.3 is 5.11 Å². The summed E-state index contributed by atoms with van der Waals surface area (Å²) >= 11 is 1.65. The van der Waals surface area contributed by atoms with E-state index in [2.05, 4.69) is 33.7 Å². The Morgan fingerprint density at radius 1 is 1.09 bits per heavy atom. The van der Waals surface area contributed by atoms with Crippen LogP contribution in [0.3, 0.4) is 0 Å². The number of thiophene rings is 1. The van der Waals surface area contributed by atoms with E-state index < -0.39 is 5.97 Å². The van der Waals surface area contributed by atoms with Gasteiger partial charge in [0.25, 0.3) is 0 Å². The Kier molecular flexibility index (Phi) is 3.17. The van der Waals surface area contributed by atoms with Crippen molar-refractivity contribution in [3.8, 4) is 22.4 Å². The minimum absolute atomic E-state index is 0.0149. The first-order valence-electron chi connectivity index (χ1n) is 6.93. The van der Waals surface area contributed by atoms with Crippen LogP contribution < -0.4 is 0 Å². The van der Waals surface area contributed by atoms with Gasteiger partial charge >= 0.3 is 5.97 Å². The zero-order valence-electron chi connectivity index (χ0n) is 11.9. The van der Waals surface area contributed by atoms with Crippen molar-refractivity contribution >= 4 is 23.0 Å². The van der Waals surface area contributed by atoms with E-state index in [0.717, 1.165) is 22.4 Å². The first kappa shape index (κ1) is 13.7. The fourth-order valence-electron chi connectivity index (χ4n) is 2.51. The SMILES string of the molecule is O=C(O)c1cc2nccc(-c3cccc(-c4ccsc4)c3)n2n1. The molecule has 0 spiro atoms. The highest BCUT2D eigenvalue weighted by Gasteiger charge is 2.13. The van der Waals surface area contributed by atoms with E-state index in [1.54, 1.807) is 22.0 Å². The van der Waals surface area contributed by atoms with Crippen molar-refractivity contribution in [2.75, 3.05) is 0 Å². The maximum Gasteiger partial charge on any atom is 0.356 e. The van der Waals surface area contributed by atoms with Gasteiger partial charge in [-0.15, -0.1) is 0 Å². The van der Waals surface area contributed by atoms with Crippen LogP contribution in [-0.4, -0.2) is 25.7 Å². The summed E-state index contributed by atoms with van der Waals surface area (Å²) in [5.41, 5.74) is 4.54. The Morgan fingerprint density at radius 3 is 2.74 bits per heavy atom. The largest absolute Gasteiger partial charge is 0.476 e. The standard InChI is InChI=1S/C17H11N3O2S/c21-17(22)14-9-16-18-6-4-15(20(16)19-14)12-3-1-2-11(8-12)13-5-7-23-10-13/h1-10H,(H,21,22). The van der Waals surface area contributed by atoms with E-state index in [0.29, 0.717) is 5.65 Å². The number of aromatic nitrogens is 3. The molecule has 23 heavy (non-hydrogen) atoms. The van der Waals surface area contributed by atoms with Crippen molar-refractivity contribution in [2.24, 2.45) is 0 Å². The number of carboxylic acids is 1. The van der Waals surface area contributed by atoms with Crippen LogP contribution in [-0.2, 0) is 0 Å². The Bertz CT molecular complexity index is 1010. The van der Waals surface area contributed by atoms with Crippen molar-refractivity contribution in [3.05, 3.63) is 65.1 Å². The minimum atomic E-state index is -1.06. The molecule has 5 nitrogen and oxygen atoms in total. The predicted molar refractivity (Wildman–Crippen MR) is 88.7 cm³/mol. The normalized spacial score (nSPS) is 11.0. The number of hydrogen-bond acceptors (Lipinski definition) is 4. The van der Waals surface area contributed by atoms with Crippen LogP contribution in [0.5, 0.6) is 0 Å². The molecule has 0 aliphatic heterocycles. The summed E-state index contributed by atoms with van der Waals surface area (Å²) < 4.78 is 1.57. The van der Waals surface area contributed by atoms with E-state index in [4.69, 9.17) is 5.11 Å². The zero-order chi connectivity index (χ0) is 15.8. The van der Waals surface area contributed by atoms with E-state index in [9.17, 15) is 4.79 Å². The maximum absolute atomic E-state index is 11.1. The van der Waals surface area contributed by atoms with E-state index >= 15 is 0 Å². The zero-order valence-corrected chi connectivity index (χ0v) is 12.7. The number of rotatable bonds is 3. The van der Waals surface area contributed by atoms with E-state index in [1.165, 1.54) is 6.07 Å². The van der Waals surface area contributed by atoms with Gasteiger partial charge in [0.05, 0.1) is 5.69 Å². The lowest BCUT2D eigenvalue weighted by Gasteiger charge is -2.06. The molecule has 3 aromatic heterocycles. The van der Waals surface area contributed by atoms with Crippen LogP contribution in [0.2, 0.25) is 0 Å². The van der Waals surface area contributed by atoms with Gasteiger partial charge in [-0.05, 0) is 40.1 Å². The van der Waals surface area contributed by atoms with Crippen molar-refractivity contribution < 1.29 is 9.90 Å². The van der Waals surface area contributed by atoms with Gasteiger partial charge in [-0.3, -0.25) is 0 Å². The summed E-state index contributed by atoms with van der Waals surface area (Å²) in [6.45, 7) is 0. The second kappa shape index (κ2) is 5.33. The molecule has 0 saturated carbocycles. The van der Waals surface area contributed by atoms with E-state index in [1.807, 2.05) is 23.6 Å². The fourth-order valence-corrected chi connectivity index (χ4v) is 3.17. The van der Waals surface area contributed by atoms with Gasteiger partial charge in [-0.25, -0.2) is 14.3 Å². The molecule has 0 fully saturated rings. The summed E-state index contributed by atoms with van der Waals surface area (Å²) in [7, 11) is 0. The molecule has 1 aromatic carbocycles. The molecule has 1 N–H and O–H groups in total. The molecule has 0 radical (unpaired) electrons. The number of hydrogen-bond donors (Lipinski definition) is 1. The lowest BCUT2D eigenvalue weighted by molar-refractivity contribution is 0.0690. The second-order valence-corrected chi connectivity index (χ2v) is 5.81. The Hall–Kier alpha value is -2.99. The first-order chi connectivity index (χ1) is 11.2. The lowest BCUT2D eigenvalue weighted by Crippen LogP contribution is -1.99. The van der Waals surface area contributed by atoms with Gasteiger partial charge in [0, 0.05) is 17.8 Å². The molecule has 0 bridgehead atoms. The Balaban J connectivity index is 1.89. The lowest BCUT2D eigenvalue weighted by atomic mass is 10.0. The minimum Gasteiger partial charge on any atom is -0.476 e.